The van der Waals surface area contributed by atoms with Gasteiger partial charge in [-0.05, 0) is 33.0 Å². The second kappa shape index (κ2) is 5.96. The van der Waals surface area contributed by atoms with E-state index in [0.717, 1.165) is 32.0 Å². The van der Waals surface area contributed by atoms with Crippen molar-refractivity contribution in [2.24, 2.45) is 0 Å². The topological polar surface area (TPSA) is 46.0 Å². The lowest BCUT2D eigenvalue weighted by molar-refractivity contribution is 0.212. The highest BCUT2D eigenvalue weighted by atomic mass is 15.3. The van der Waals surface area contributed by atoms with Crippen LogP contribution in [-0.4, -0.2) is 46.3 Å². The lowest BCUT2D eigenvalue weighted by Gasteiger charge is -2.26. The molecule has 5 heteroatoms. The van der Waals surface area contributed by atoms with Gasteiger partial charge in [-0.2, -0.15) is 0 Å². The van der Waals surface area contributed by atoms with E-state index in [1.165, 1.54) is 25.8 Å². The second-order valence-corrected chi connectivity index (χ2v) is 4.38. The third kappa shape index (κ3) is 3.02. The van der Waals surface area contributed by atoms with Crippen LogP contribution in [0.25, 0.3) is 0 Å². The molecule has 16 heavy (non-hydrogen) atoms. The van der Waals surface area contributed by atoms with Crippen LogP contribution in [0.5, 0.6) is 0 Å². The lowest BCUT2D eigenvalue weighted by Crippen LogP contribution is -2.34. The molecule has 0 atom stereocenters. The maximum Gasteiger partial charge on any atom is 0.147 e. The highest BCUT2D eigenvalue weighted by molar-refractivity contribution is 4.89. The molecule has 1 aliphatic rings. The van der Waals surface area contributed by atoms with Crippen LogP contribution >= 0.6 is 0 Å². The molecule has 0 radical (unpaired) electrons. The van der Waals surface area contributed by atoms with Crippen LogP contribution in [0.15, 0.2) is 6.33 Å². The zero-order chi connectivity index (χ0) is 11.2. The molecule has 1 aromatic rings. The van der Waals surface area contributed by atoms with E-state index in [-0.39, 0.29) is 0 Å². The summed E-state index contributed by atoms with van der Waals surface area (Å²) in [6.07, 6.45) is 5.71. The molecule has 0 spiro atoms. The zero-order valence-electron chi connectivity index (χ0n) is 10.0. The van der Waals surface area contributed by atoms with Crippen LogP contribution in [0.2, 0.25) is 0 Å². The van der Waals surface area contributed by atoms with Crippen LogP contribution in [0.4, 0.5) is 0 Å². The predicted octanol–water partition coefficient (Wildman–Crippen LogP) is 0.483. The summed E-state index contributed by atoms with van der Waals surface area (Å²) in [6.45, 7) is 5.47. The lowest BCUT2D eigenvalue weighted by atomic mass is 10.2. The summed E-state index contributed by atoms with van der Waals surface area (Å²) >= 11 is 0. The number of hydrogen-bond acceptors (Lipinski definition) is 4. The summed E-state index contributed by atoms with van der Waals surface area (Å²) in [5.41, 5.74) is 0. The van der Waals surface area contributed by atoms with Gasteiger partial charge in [0, 0.05) is 13.1 Å². The molecule has 90 valence electrons. The highest BCUT2D eigenvalue weighted by Gasteiger charge is 2.16. The van der Waals surface area contributed by atoms with Crippen molar-refractivity contribution < 1.29 is 0 Å². The summed E-state index contributed by atoms with van der Waals surface area (Å²) in [5, 5.41) is 11.2. The normalized spacial score (nSPS) is 16.3. The average Bonchev–Trinajstić information content (AvgIpc) is 2.76. The van der Waals surface area contributed by atoms with Crippen molar-refractivity contribution in [1.82, 2.24) is 25.0 Å². The van der Waals surface area contributed by atoms with E-state index in [1.807, 2.05) is 13.4 Å². The minimum atomic E-state index is 0.964. The Balaban J connectivity index is 1.65. The number of nitrogens with one attached hydrogen (secondary N) is 1. The summed E-state index contributed by atoms with van der Waals surface area (Å²) in [4.78, 5) is 2.48. The fraction of sp³-hybridized carbons (Fsp3) is 0.818. The molecule has 0 aromatic carbocycles. The molecular formula is C11H21N5. The quantitative estimate of drug-likeness (QED) is 0.713. The van der Waals surface area contributed by atoms with Gasteiger partial charge in [0.2, 0.25) is 0 Å². The van der Waals surface area contributed by atoms with Gasteiger partial charge in [-0.1, -0.05) is 6.42 Å². The minimum absolute atomic E-state index is 0.964. The van der Waals surface area contributed by atoms with Crippen LogP contribution in [0.3, 0.4) is 0 Å². The molecule has 0 aliphatic carbocycles. The van der Waals surface area contributed by atoms with E-state index in [9.17, 15) is 0 Å². The molecule has 1 aliphatic heterocycles. The zero-order valence-corrected chi connectivity index (χ0v) is 10.0. The van der Waals surface area contributed by atoms with Crippen molar-refractivity contribution in [2.75, 3.05) is 26.7 Å². The van der Waals surface area contributed by atoms with E-state index in [4.69, 9.17) is 0 Å². The first-order valence-electron chi connectivity index (χ1n) is 6.14. The first kappa shape index (κ1) is 11.5. The van der Waals surface area contributed by atoms with Crippen molar-refractivity contribution >= 4 is 0 Å². The van der Waals surface area contributed by atoms with E-state index in [0.29, 0.717) is 0 Å². The maximum absolute atomic E-state index is 4.13. The van der Waals surface area contributed by atoms with Crippen LogP contribution in [0, 0.1) is 0 Å². The largest absolute Gasteiger partial charge is 0.320 e. The number of unbranched alkanes of at least 4 members (excludes halogenated alkanes) is 2. The van der Waals surface area contributed by atoms with Gasteiger partial charge in [0.05, 0.1) is 6.54 Å². The summed E-state index contributed by atoms with van der Waals surface area (Å²) in [6, 6.07) is 0. The molecular weight excluding hydrogens is 202 g/mol. The second-order valence-electron chi connectivity index (χ2n) is 4.38. The van der Waals surface area contributed by atoms with Crippen LogP contribution < -0.4 is 5.32 Å². The third-order valence-corrected chi connectivity index (χ3v) is 3.12. The molecule has 1 aromatic heterocycles. The fourth-order valence-corrected chi connectivity index (χ4v) is 2.12. The first-order valence-corrected chi connectivity index (χ1v) is 6.14. The van der Waals surface area contributed by atoms with E-state index in [1.54, 1.807) is 0 Å². The Kier molecular flexibility index (Phi) is 4.30. The van der Waals surface area contributed by atoms with Gasteiger partial charge in [0.25, 0.3) is 0 Å². The Labute approximate surface area is 96.8 Å². The Bertz CT molecular complexity index is 309. The highest BCUT2D eigenvalue weighted by Crippen LogP contribution is 2.09. The summed E-state index contributed by atoms with van der Waals surface area (Å²) in [5.74, 6) is 1.11. The number of rotatable bonds is 6. The van der Waals surface area contributed by atoms with Crippen molar-refractivity contribution in [2.45, 2.75) is 32.4 Å². The van der Waals surface area contributed by atoms with Crippen LogP contribution in [0.1, 0.15) is 25.1 Å². The van der Waals surface area contributed by atoms with Gasteiger partial charge in [0.1, 0.15) is 12.2 Å². The SMILES string of the molecule is CNCCCCCN1CCn2cnnc2C1. The summed E-state index contributed by atoms with van der Waals surface area (Å²) < 4.78 is 2.15. The maximum atomic E-state index is 4.13. The molecule has 0 unspecified atom stereocenters. The predicted molar refractivity (Wildman–Crippen MR) is 63.1 cm³/mol. The molecule has 1 N–H and O–H groups in total. The van der Waals surface area contributed by atoms with Crippen molar-refractivity contribution in [3.8, 4) is 0 Å². The smallest absolute Gasteiger partial charge is 0.147 e. The van der Waals surface area contributed by atoms with Gasteiger partial charge in [-0.3, -0.25) is 4.90 Å². The average molecular weight is 223 g/mol. The van der Waals surface area contributed by atoms with E-state index >= 15 is 0 Å². The Morgan fingerprint density at radius 2 is 2.25 bits per heavy atom. The first-order chi connectivity index (χ1) is 7.90. The van der Waals surface area contributed by atoms with Crippen LogP contribution in [-0.2, 0) is 13.1 Å². The molecule has 0 saturated heterocycles. The molecule has 0 saturated carbocycles. The van der Waals surface area contributed by atoms with Gasteiger partial charge in [0.15, 0.2) is 0 Å². The number of fused-ring (bicyclic) bond motifs is 1. The minimum Gasteiger partial charge on any atom is -0.320 e. The Morgan fingerprint density at radius 1 is 1.31 bits per heavy atom. The fourth-order valence-electron chi connectivity index (χ4n) is 2.12. The van der Waals surface area contributed by atoms with Crippen molar-refractivity contribution in [3.63, 3.8) is 0 Å². The molecule has 0 amide bonds. The Hall–Kier alpha value is -0.940. The molecule has 2 rings (SSSR count). The number of hydrogen-bond donors (Lipinski definition) is 1. The van der Waals surface area contributed by atoms with Gasteiger partial charge in [-0.15, -0.1) is 10.2 Å². The van der Waals surface area contributed by atoms with Crippen molar-refractivity contribution in [3.05, 3.63) is 12.2 Å². The Morgan fingerprint density at radius 3 is 3.12 bits per heavy atom. The third-order valence-electron chi connectivity index (χ3n) is 3.12. The molecule has 5 nitrogen and oxygen atoms in total. The van der Waals surface area contributed by atoms with Gasteiger partial charge < -0.3 is 9.88 Å². The number of nitrogens with zero attached hydrogens (tertiary/aromatic N) is 4. The van der Waals surface area contributed by atoms with Gasteiger partial charge >= 0.3 is 0 Å². The van der Waals surface area contributed by atoms with Gasteiger partial charge in [-0.25, -0.2) is 0 Å². The number of aromatic nitrogens is 3. The standard InChI is InChI=1S/C11H21N5/c1-12-5-3-2-4-6-15-7-8-16-10-13-14-11(16)9-15/h10,12H,2-9H2,1H3. The molecule has 2 heterocycles. The van der Waals surface area contributed by atoms with E-state index in [2.05, 4.69) is 25.0 Å². The molecule has 0 fully saturated rings. The van der Waals surface area contributed by atoms with Crippen molar-refractivity contribution in [1.29, 1.82) is 0 Å². The van der Waals surface area contributed by atoms with E-state index < -0.39 is 0 Å². The summed E-state index contributed by atoms with van der Waals surface area (Å²) in [7, 11) is 2.01. The molecule has 0 bridgehead atoms. The monoisotopic (exact) mass is 223 g/mol.